The fourth-order valence-corrected chi connectivity index (χ4v) is 1.01. The first-order valence-electron chi connectivity index (χ1n) is 5.29. The van der Waals surface area contributed by atoms with Crippen LogP contribution in [0.2, 0.25) is 0 Å². The molecule has 0 saturated heterocycles. The number of nitrogens with zero attached hydrogens (tertiary/aromatic N) is 4. The second-order valence-corrected chi connectivity index (χ2v) is 3.06. The number of rotatable bonds is 1. The molecule has 9 heteroatoms. The van der Waals surface area contributed by atoms with Crippen LogP contribution < -0.4 is 11.6 Å². The molecule has 0 aliphatic carbocycles. The van der Waals surface area contributed by atoms with E-state index in [2.05, 4.69) is 15.1 Å². The summed E-state index contributed by atoms with van der Waals surface area (Å²) in [5, 5.41) is 11.5. The first-order chi connectivity index (χ1) is 9.77. The van der Waals surface area contributed by atoms with Crippen molar-refractivity contribution in [3.63, 3.8) is 0 Å². The number of nitriles is 1. The highest BCUT2D eigenvalue weighted by Crippen LogP contribution is 1.90. The van der Waals surface area contributed by atoms with Crippen LogP contribution in [0.1, 0.15) is 12.8 Å². The topological polar surface area (TPSA) is 193 Å². The van der Waals surface area contributed by atoms with Crippen LogP contribution in [-0.4, -0.2) is 21.3 Å². The van der Waals surface area contributed by atoms with E-state index in [0.717, 1.165) is 0 Å². The number of pyridine rings is 2. The zero-order valence-corrected chi connectivity index (χ0v) is 11.1. The van der Waals surface area contributed by atoms with Gasteiger partial charge in [-0.05, 0) is 24.3 Å². The third kappa shape index (κ3) is 8.36. The van der Waals surface area contributed by atoms with E-state index < -0.39 is 0 Å². The molecule has 2 aromatic heterocycles. The molecule has 21 heavy (non-hydrogen) atoms. The van der Waals surface area contributed by atoms with E-state index in [1.807, 2.05) is 12.1 Å². The van der Waals surface area contributed by atoms with Gasteiger partial charge in [0.15, 0.2) is 5.84 Å². The van der Waals surface area contributed by atoms with Crippen molar-refractivity contribution in [1.29, 1.82) is 16.3 Å². The molecule has 0 spiro atoms. The summed E-state index contributed by atoms with van der Waals surface area (Å²) in [6.07, 6.45) is 3.23. The highest BCUT2D eigenvalue weighted by atomic mass is 16.0. The van der Waals surface area contributed by atoms with Gasteiger partial charge in [0.05, 0.1) is 0 Å². The Bertz CT molecular complexity index is 558. The van der Waals surface area contributed by atoms with Gasteiger partial charge in [-0.2, -0.15) is 10.4 Å². The molecule has 0 aliphatic heterocycles. The Morgan fingerprint density at radius 1 is 1.14 bits per heavy atom. The molecule has 0 atom stereocenters. The summed E-state index contributed by atoms with van der Waals surface area (Å²) < 4.78 is 0. The third-order valence-electron chi connectivity index (χ3n) is 1.85. The molecule has 8 N–H and O–H groups in total. The van der Waals surface area contributed by atoms with E-state index in [4.69, 9.17) is 27.9 Å². The first-order valence-corrected chi connectivity index (χ1v) is 5.29. The number of hydrogen-bond acceptors (Lipinski definition) is 7. The smallest absolute Gasteiger partial charge is 0.168 e. The van der Waals surface area contributed by atoms with Crippen molar-refractivity contribution < 1.29 is 6.90 Å². The minimum atomic E-state index is 0. The zero-order valence-electron chi connectivity index (χ0n) is 11.1. The molecule has 0 aromatic carbocycles. The highest BCUT2D eigenvalue weighted by Gasteiger charge is 1.94. The quantitative estimate of drug-likeness (QED) is 0.196. The molecule has 0 unspecified atom stereocenters. The Labute approximate surface area is 123 Å². The van der Waals surface area contributed by atoms with Crippen molar-refractivity contribution in [1.82, 2.24) is 9.97 Å². The van der Waals surface area contributed by atoms with Gasteiger partial charge in [0.25, 0.3) is 0 Å². The summed E-state index contributed by atoms with van der Waals surface area (Å²) in [4.78, 5) is 7.65. The van der Waals surface area contributed by atoms with Crippen LogP contribution in [0.15, 0.2) is 53.9 Å². The van der Waals surface area contributed by atoms with Crippen LogP contribution in [-0.2, 0) is 0 Å². The van der Waals surface area contributed by atoms with Crippen molar-refractivity contribution in [3.8, 4) is 6.07 Å². The van der Waals surface area contributed by atoms with E-state index in [0.29, 0.717) is 11.4 Å². The lowest BCUT2D eigenvalue weighted by molar-refractivity contribution is 0.824. The van der Waals surface area contributed by atoms with Crippen LogP contribution >= 0.6 is 0 Å². The first kappa shape index (κ1) is 19.9. The maximum absolute atomic E-state index is 8.23. The summed E-state index contributed by atoms with van der Waals surface area (Å²) in [6.45, 7) is 0. The number of hydrogen-bond donors (Lipinski definition) is 4. The standard InChI is InChI=1S/C6H8N4.C6H4N2.H2N2.H2O.H2/c7-6(10-8)5-3-1-2-4-9-5;7-5-6-3-1-2-4-8-6;1-2;;/h1-4H,8H2,(H2,7,10);1-4H;1-2H;1H2;1H. The fourth-order valence-electron chi connectivity index (χ4n) is 1.01. The lowest BCUT2D eigenvalue weighted by Gasteiger charge is -1.94. The third-order valence-corrected chi connectivity index (χ3v) is 1.85. The summed E-state index contributed by atoms with van der Waals surface area (Å²) in [5.41, 5.74) is 16.4. The molecule has 2 heterocycles. The lowest BCUT2D eigenvalue weighted by Crippen LogP contribution is -2.16. The largest absolute Gasteiger partial charge is 0.412 e. The molecule has 0 radical (unpaired) electrons. The van der Waals surface area contributed by atoms with Gasteiger partial charge < -0.3 is 17.1 Å². The molecule has 9 nitrogen and oxygen atoms in total. The number of aromatic nitrogens is 2. The van der Waals surface area contributed by atoms with Crippen molar-refractivity contribution in [2.24, 2.45) is 16.7 Å². The van der Waals surface area contributed by atoms with Crippen LogP contribution in [0.25, 0.3) is 0 Å². The van der Waals surface area contributed by atoms with Crippen LogP contribution in [0.4, 0.5) is 0 Å². The van der Waals surface area contributed by atoms with Gasteiger partial charge in [-0.1, -0.05) is 12.1 Å². The Kier molecular flexibility index (Phi) is 12.4. The van der Waals surface area contributed by atoms with Gasteiger partial charge in [0.2, 0.25) is 0 Å². The van der Waals surface area contributed by atoms with Crippen LogP contribution in [0.5, 0.6) is 0 Å². The average Bonchev–Trinajstić information content (AvgIpc) is 2.58. The monoisotopic (exact) mass is 290 g/mol. The average molecular weight is 290 g/mol. The highest BCUT2D eigenvalue weighted by molar-refractivity contribution is 5.95. The summed E-state index contributed by atoms with van der Waals surface area (Å²) >= 11 is 0. The van der Waals surface area contributed by atoms with Gasteiger partial charge in [0.1, 0.15) is 17.5 Å². The molecule has 112 valence electrons. The second kappa shape index (κ2) is 13.1. The summed E-state index contributed by atoms with van der Waals surface area (Å²) in [6, 6.07) is 12.5. The van der Waals surface area contributed by atoms with E-state index in [1.165, 1.54) is 0 Å². The Hall–Kier alpha value is -3.38. The van der Waals surface area contributed by atoms with E-state index >= 15 is 0 Å². The van der Waals surface area contributed by atoms with Crippen molar-refractivity contribution in [2.45, 2.75) is 0 Å². The molecule has 0 fully saturated rings. The van der Waals surface area contributed by atoms with Gasteiger partial charge in [0, 0.05) is 13.8 Å². The van der Waals surface area contributed by atoms with E-state index in [-0.39, 0.29) is 12.7 Å². The Morgan fingerprint density at radius 3 is 2.05 bits per heavy atom. The van der Waals surface area contributed by atoms with Crippen molar-refractivity contribution in [2.75, 3.05) is 0 Å². The van der Waals surface area contributed by atoms with Crippen LogP contribution in [0, 0.1) is 22.4 Å². The number of nitrogens with two attached hydrogens (primary N) is 2. The maximum Gasteiger partial charge on any atom is 0.168 e. The molecule has 2 rings (SSSR count). The predicted octanol–water partition coefficient (Wildman–Crippen LogP) is 0.631. The molecular formula is C12H18N8O. The van der Waals surface area contributed by atoms with Gasteiger partial charge in [-0.25, -0.2) is 16.0 Å². The Balaban J connectivity index is -0.000000276. The second-order valence-electron chi connectivity index (χ2n) is 3.06. The van der Waals surface area contributed by atoms with Gasteiger partial charge in [-0.3, -0.25) is 4.98 Å². The lowest BCUT2D eigenvalue weighted by atomic mass is 10.3. The molecule has 0 bridgehead atoms. The Morgan fingerprint density at radius 2 is 1.71 bits per heavy atom. The summed E-state index contributed by atoms with van der Waals surface area (Å²) in [7, 11) is 0. The molecule has 2 aromatic rings. The minimum Gasteiger partial charge on any atom is -0.412 e. The van der Waals surface area contributed by atoms with Crippen LogP contribution in [0.3, 0.4) is 0 Å². The van der Waals surface area contributed by atoms with Gasteiger partial charge >= 0.3 is 0 Å². The zero-order chi connectivity index (χ0) is 15.2. The van der Waals surface area contributed by atoms with E-state index in [9.17, 15) is 0 Å². The number of nitrogens with one attached hydrogen (secondary N) is 2. The molecule has 0 saturated carbocycles. The normalized spacial score (nSPS) is 8.62. The predicted molar refractivity (Wildman–Crippen MR) is 79.3 cm³/mol. The van der Waals surface area contributed by atoms with Gasteiger partial charge in [-0.15, -0.1) is 0 Å². The van der Waals surface area contributed by atoms with Crippen molar-refractivity contribution in [3.05, 3.63) is 60.2 Å². The minimum absolute atomic E-state index is 0. The molecular weight excluding hydrogens is 272 g/mol. The van der Waals surface area contributed by atoms with E-state index in [1.54, 1.807) is 42.7 Å². The summed E-state index contributed by atoms with van der Waals surface area (Å²) in [5.74, 6) is 5.18. The molecule has 0 amide bonds. The molecule has 0 aliphatic rings. The number of hydrazone groups is 1. The fraction of sp³-hybridized carbons (Fsp3) is 0. The number of amidine groups is 1. The van der Waals surface area contributed by atoms with Crippen molar-refractivity contribution >= 4 is 5.84 Å². The SMILES string of the molecule is N#Cc1ccccn1.N/N=C(/N)c1ccccn1.N=N.O.[HH]. The maximum atomic E-state index is 8.23.